The van der Waals surface area contributed by atoms with Gasteiger partial charge in [0.1, 0.15) is 11.6 Å². The van der Waals surface area contributed by atoms with Crippen LogP contribution in [-0.2, 0) is 0 Å². The smallest absolute Gasteiger partial charge is 0.335 e. The summed E-state index contributed by atoms with van der Waals surface area (Å²) in [5, 5.41) is 11.9. The molecule has 19 heavy (non-hydrogen) atoms. The van der Waals surface area contributed by atoms with E-state index in [2.05, 4.69) is 15.3 Å². The van der Waals surface area contributed by atoms with E-state index in [0.717, 1.165) is 11.4 Å². The van der Waals surface area contributed by atoms with E-state index in [1.54, 1.807) is 24.3 Å². The van der Waals surface area contributed by atoms with E-state index in [1.165, 1.54) is 0 Å². The molecule has 5 nitrogen and oxygen atoms in total. The number of nitrogens with one attached hydrogen (secondary N) is 1. The van der Waals surface area contributed by atoms with Crippen LogP contribution in [0, 0.1) is 13.8 Å². The molecule has 1 aromatic heterocycles. The third kappa shape index (κ3) is 3.93. The second kappa shape index (κ2) is 6.15. The number of carboxylic acids is 1. The first kappa shape index (κ1) is 14.9. The zero-order valence-corrected chi connectivity index (χ0v) is 11.4. The molecule has 100 valence electrons. The van der Waals surface area contributed by atoms with Gasteiger partial charge < -0.3 is 10.4 Å². The zero-order chi connectivity index (χ0) is 13.1. The van der Waals surface area contributed by atoms with E-state index in [1.807, 2.05) is 19.9 Å². The van der Waals surface area contributed by atoms with Gasteiger partial charge in [-0.2, -0.15) is 0 Å². The molecule has 0 aliphatic heterocycles. The van der Waals surface area contributed by atoms with Crippen molar-refractivity contribution < 1.29 is 9.90 Å². The van der Waals surface area contributed by atoms with Gasteiger partial charge in [-0.3, -0.25) is 0 Å². The van der Waals surface area contributed by atoms with E-state index in [4.69, 9.17) is 5.11 Å². The minimum absolute atomic E-state index is 0. The molecule has 6 heteroatoms. The molecule has 1 heterocycles. The molecular weight excluding hydrogens is 266 g/mol. The van der Waals surface area contributed by atoms with Gasteiger partial charge in [0, 0.05) is 17.4 Å². The fraction of sp³-hybridized carbons (Fsp3) is 0.154. The van der Waals surface area contributed by atoms with Crippen molar-refractivity contribution in [1.29, 1.82) is 0 Å². The average molecular weight is 280 g/mol. The highest BCUT2D eigenvalue weighted by molar-refractivity contribution is 5.88. The van der Waals surface area contributed by atoms with Gasteiger partial charge in [0.15, 0.2) is 0 Å². The number of hydrogen-bond acceptors (Lipinski definition) is 4. The topological polar surface area (TPSA) is 75.1 Å². The number of aromatic nitrogens is 2. The summed E-state index contributed by atoms with van der Waals surface area (Å²) < 4.78 is 0. The maximum atomic E-state index is 10.7. The van der Waals surface area contributed by atoms with Gasteiger partial charge in [-0.25, -0.2) is 14.8 Å². The summed E-state index contributed by atoms with van der Waals surface area (Å²) in [4.78, 5) is 19.2. The van der Waals surface area contributed by atoms with Crippen molar-refractivity contribution in [2.24, 2.45) is 0 Å². The van der Waals surface area contributed by atoms with Crippen LogP contribution in [0.15, 0.2) is 30.3 Å². The number of nitrogens with zero attached hydrogens (tertiary/aromatic N) is 2. The summed E-state index contributed by atoms with van der Waals surface area (Å²) in [6.45, 7) is 3.72. The molecule has 0 bridgehead atoms. The number of carbonyl (C=O) groups is 1. The van der Waals surface area contributed by atoms with Gasteiger partial charge in [-0.05, 0) is 38.1 Å². The van der Waals surface area contributed by atoms with Crippen LogP contribution >= 0.6 is 12.4 Å². The maximum absolute atomic E-state index is 10.7. The van der Waals surface area contributed by atoms with Crippen LogP contribution in [-0.4, -0.2) is 21.0 Å². The first-order valence-electron chi connectivity index (χ1n) is 5.47. The molecule has 0 fully saturated rings. The number of rotatable bonds is 3. The monoisotopic (exact) mass is 279 g/mol. The largest absolute Gasteiger partial charge is 0.478 e. The Labute approximate surface area is 117 Å². The lowest BCUT2D eigenvalue weighted by atomic mass is 10.2. The molecule has 0 aliphatic carbocycles. The van der Waals surface area contributed by atoms with Gasteiger partial charge in [0.05, 0.1) is 5.56 Å². The Morgan fingerprint density at radius 1 is 1.16 bits per heavy atom. The third-order valence-electron chi connectivity index (χ3n) is 2.37. The molecule has 2 rings (SSSR count). The summed E-state index contributed by atoms with van der Waals surface area (Å²) in [5.74, 6) is 0.456. The lowest BCUT2D eigenvalue weighted by Crippen LogP contribution is -2.00. The summed E-state index contributed by atoms with van der Waals surface area (Å²) >= 11 is 0. The fourth-order valence-electron chi connectivity index (χ4n) is 1.63. The number of halogens is 1. The summed E-state index contributed by atoms with van der Waals surface area (Å²) in [5.41, 5.74) is 1.93. The first-order chi connectivity index (χ1) is 8.54. The van der Waals surface area contributed by atoms with Crippen LogP contribution in [0.5, 0.6) is 0 Å². The normalized spacial score (nSPS) is 9.58. The van der Waals surface area contributed by atoms with E-state index < -0.39 is 5.97 Å². The Morgan fingerprint density at radius 3 is 2.32 bits per heavy atom. The van der Waals surface area contributed by atoms with Gasteiger partial charge >= 0.3 is 5.97 Å². The minimum Gasteiger partial charge on any atom is -0.478 e. The lowest BCUT2D eigenvalue weighted by molar-refractivity contribution is 0.0697. The Kier molecular flexibility index (Phi) is 4.83. The number of aryl methyl sites for hydroxylation is 2. The van der Waals surface area contributed by atoms with Crippen molar-refractivity contribution in [3.63, 3.8) is 0 Å². The highest BCUT2D eigenvalue weighted by atomic mass is 35.5. The molecule has 0 atom stereocenters. The predicted molar refractivity (Wildman–Crippen MR) is 75.4 cm³/mol. The maximum Gasteiger partial charge on any atom is 0.335 e. The number of hydrogen-bond donors (Lipinski definition) is 2. The van der Waals surface area contributed by atoms with Gasteiger partial charge in [0.2, 0.25) is 0 Å². The van der Waals surface area contributed by atoms with Gasteiger partial charge in [-0.15, -0.1) is 12.4 Å². The quantitative estimate of drug-likeness (QED) is 0.903. The molecule has 0 aliphatic rings. The SMILES string of the molecule is Cc1cc(Nc2ccc(C(=O)O)cc2)nc(C)n1.Cl. The molecule has 0 amide bonds. The Bertz CT molecular complexity index is 565. The molecule has 0 unspecified atom stereocenters. The molecule has 0 saturated heterocycles. The van der Waals surface area contributed by atoms with Crippen molar-refractivity contribution in [1.82, 2.24) is 9.97 Å². The van der Waals surface area contributed by atoms with Crippen molar-refractivity contribution >= 4 is 29.9 Å². The Balaban J connectivity index is 0.00000180. The highest BCUT2D eigenvalue weighted by Crippen LogP contribution is 2.16. The Morgan fingerprint density at radius 2 is 1.79 bits per heavy atom. The molecule has 0 spiro atoms. The molecular formula is C13H14ClN3O2. The fourth-order valence-corrected chi connectivity index (χ4v) is 1.63. The average Bonchev–Trinajstić information content (AvgIpc) is 2.28. The first-order valence-corrected chi connectivity index (χ1v) is 5.47. The Hall–Kier alpha value is -2.14. The van der Waals surface area contributed by atoms with Crippen LogP contribution in [0.1, 0.15) is 21.9 Å². The highest BCUT2D eigenvalue weighted by Gasteiger charge is 2.03. The van der Waals surface area contributed by atoms with Crippen molar-refractivity contribution in [3.05, 3.63) is 47.4 Å². The summed E-state index contributed by atoms with van der Waals surface area (Å²) in [6, 6.07) is 8.34. The second-order valence-corrected chi connectivity index (χ2v) is 3.95. The van der Waals surface area contributed by atoms with Crippen LogP contribution in [0.4, 0.5) is 11.5 Å². The van der Waals surface area contributed by atoms with Crippen LogP contribution in [0.2, 0.25) is 0 Å². The van der Waals surface area contributed by atoms with E-state index in [9.17, 15) is 4.79 Å². The molecule has 1 aromatic carbocycles. The van der Waals surface area contributed by atoms with Gasteiger partial charge in [0.25, 0.3) is 0 Å². The van der Waals surface area contributed by atoms with Crippen molar-refractivity contribution in [2.75, 3.05) is 5.32 Å². The van der Waals surface area contributed by atoms with E-state index in [0.29, 0.717) is 11.6 Å². The van der Waals surface area contributed by atoms with Crippen LogP contribution in [0.3, 0.4) is 0 Å². The van der Waals surface area contributed by atoms with Crippen molar-refractivity contribution in [3.8, 4) is 0 Å². The third-order valence-corrected chi connectivity index (χ3v) is 2.37. The minimum atomic E-state index is -0.935. The molecule has 0 radical (unpaired) electrons. The predicted octanol–water partition coefficient (Wildman–Crippen LogP) is 2.96. The molecule has 0 saturated carbocycles. The van der Waals surface area contributed by atoms with Crippen LogP contribution in [0.25, 0.3) is 0 Å². The van der Waals surface area contributed by atoms with Crippen molar-refractivity contribution in [2.45, 2.75) is 13.8 Å². The number of carboxylic acid groups (broad SMARTS) is 1. The summed E-state index contributed by atoms with van der Waals surface area (Å²) in [7, 11) is 0. The zero-order valence-electron chi connectivity index (χ0n) is 10.5. The number of benzene rings is 1. The van der Waals surface area contributed by atoms with Crippen LogP contribution < -0.4 is 5.32 Å². The lowest BCUT2D eigenvalue weighted by Gasteiger charge is -2.07. The van der Waals surface area contributed by atoms with E-state index >= 15 is 0 Å². The van der Waals surface area contributed by atoms with Gasteiger partial charge in [-0.1, -0.05) is 0 Å². The molecule has 2 N–H and O–H groups in total. The van der Waals surface area contributed by atoms with E-state index in [-0.39, 0.29) is 18.0 Å². The second-order valence-electron chi connectivity index (χ2n) is 3.95. The summed E-state index contributed by atoms with van der Waals surface area (Å²) in [6.07, 6.45) is 0. The number of anilines is 2. The standard InChI is InChI=1S/C13H13N3O2.ClH/c1-8-7-12(15-9(2)14-8)16-11-5-3-10(4-6-11)13(17)18;/h3-7H,1-2H3,(H,17,18)(H,14,15,16);1H. The number of aromatic carboxylic acids is 1. The molecule has 2 aromatic rings.